The van der Waals surface area contributed by atoms with Crippen LogP contribution in [0.2, 0.25) is 5.02 Å². The first kappa shape index (κ1) is 18.0. The molecule has 2 aromatic carbocycles. The van der Waals surface area contributed by atoms with Gasteiger partial charge in [-0.3, -0.25) is 10.1 Å². The number of imide groups is 1. The first-order chi connectivity index (χ1) is 11.6. The number of aliphatic hydroxyl groups excluding tert-OH is 1. The van der Waals surface area contributed by atoms with E-state index in [2.05, 4.69) is 5.32 Å². The monoisotopic (exact) mass is 347 g/mol. The van der Waals surface area contributed by atoms with Crippen LogP contribution in [0.15, 0.2) is 54.6 Å². The van der Waals surface area contributed by atoms with Crippen LogP contribution in [0, 0.1) is 0 Å². The number of carbonyl (C=O) groups is 2. The molecule has 24 heavy (non-hydrogen) atoms. The molecule has 5 nitrogen and oxygen atoms in total. The fourth-order valence-corrected chi connectivity index (χ4v) is 2.48. The summed E-state index contributed by atoms with van der Waals surface area (Å²) in [5, 5.41) is 11.9. The molecule has 0 aliphatic rings. The SMILES string of the molecule is O=C(NC(=O)[C@H](CO)c1ccccc1Cl)OCCc1ccccc1. The summed E-state index contributed by atoms with van der Waals surface area (Å²) in [6.45, 7) is -0.314. The van der Waals surface area contributed by atoms with Crippen molar-refractivity contribution >= 4 is 23.6 Å². The van der Waals surface area contributed by atoms with Crippen molar-refractivity contribution in [1.29, 1.82) is 0 Å². The largest absolute Gasteiger partial charge is 0.449 e. The Labute approximate surface area is 145 Å². The Hall–Kier alpha value is -2.37. The van der Waals surface area contributed by atoms with Gasteiger partial charge in [0.2, 0.25) is 5.91 Å². The summed E-state index contributed by atoms with van der Waals surface area (Å²) in [7, 11) is 0. The number of rotatable bonds is 6. The van der Waals surface area contributed by atoms with Gasteiger partial charge in [0.1, 0.15) is 0 Å². The Morgan fingerprint density at radius 2 is 1.75 bits per heavy atom. The van der Waals surface area contributed by atoms with E-state index in [1.807, 2.05) is 30.3 Å². The van der Waals surface area contributed by atoms with E-state index in [0.29, 0.717) is 17.0 Å². The Balaban J connectivity index is 1.86. The van der Waals surface area contributed by atoms with Gasteiger partial charge in [0.05, 0.1) is 19.1 Å². The van der Waals surface area contributed by atoms with Crippen molar-refractivity contribution in [3.8, 4) is 0 Å². The Bertz CT molecular complexity index is 690. The zero-order valence-corrected chi connectivity index (χ0v) is 13.7. The fourth-order valence-electron chi connectivity index (χ4n) is 2.21. The highest BCUT2D eigenvalue weighted by atomic mass is 35.5. The van der Waals surface area contributed by atoms with E-state index in [9.17, 15) is 14.7 Å². The fraction of sp³-hybridized carbons (Fsp3) is 0.222. The van der Waals surface area contributed by atoms with Crippen LogP contribution in [-0.2, 0) is 16.0 Å². The topological polar surface area (TPSA) is 75.6 Å². The molecular weight excluding hydrogens is 330 g/mol. The number of aliphatic hydroxyl groups is 1. The van der Waals surface area contributed by atoms with Crippen LogP contribution in [0.1, 0.15) is 17.0 Å². The molecule has 2 amide bonds. The number of hydrogen-bond donors (Lipinski definition) is 2. The van der Waals surface area contributed by atoms with E-state index >= 15 is 0 Å². The van der Waals surface area contributed by atoms with Crippen molar-refractivity contribution in [2.75, 3.05) is 13.2 Å². The van der Waals surface area contributed by atoms with Crippen molar-refractivity contribution in [2.45, 2.75) is 12.3 Å². The summed E-state index contributed by atoms with van der Waals surface area (Å²) in [6.07, 6.45) is -0.294. The third-order valence-electron chi connectivity index (χ3n) is 3.47. The van der Waals surface area contributed by atoms with Crippen LogP contribution in [0.5, 0.6) is 0 Å². The molecule has 0 radical (unpaired) electrons. The van der Waals surface area contributed by atoms with Gasteiger partial charge in [0.15, 0.2) is 0 Å². The highest BCUT2D eigenvalue weighted by Gasteiger charge is 2.24. The first-order valence-electron chi connectivity index (χ1n) is 7.48. The molecule has 2 aromatic rings. The summed E-state index contributed by atoms with van der Waals surface area (Å²) in [6, 6.07) is 16.2. The van der Waals surface area contributed by atoms with E-state index < -0.39 is 24.5 Å². The summed E-state index contributed by atoms with van der Waals surface area (Å²) in [5.41, 5.74) is 1.48. The van der Waals surface area contributed by atoms with Crippen LogP contribution >= 0.6 is 11.6 Å². The van der Waals surface area contributed by atoms with Gasteiger partial charge >= 0.3 is 6.09 Å². The zero-order chi connectivity index (χ0) is 17.4. The minimum atomic E-state index is -0.930. The van der Waals surface area contributed by atoms with Crippen molar-refractivity contribution < 1.29 is 19.4 Å². The molecule has 0 unspecified atom stereocenters. The van der Waals surface area contributed by atoms with Gasteiger partial charge in [-0.1, -0.05) is 60.1 Å². The predicted molar refractivity (Wildman–Crippen MR) is 90.9 cm³/mol. The molecule has 0 aliphatic heterocycles. The van der Waals surface area contributed by atoms with Crippen molar-refractivity contribution in [1.82, 2.24) is 5.32 Å². The second kappa shape index (κ2) is 9.05. The molecule has 0 aromatic heterocycles. The lowest BCUT2D eigenvalue weighted by molar-refractivity contribution is -0.122. The molecule has 2 N–H and O–H groups in total. The van der Waals surface area contributed by atoms with Crippen molar-refractivity contribution in [3.05, 3.63) is 70.7 Å². The van der Waals surface area contributed by atoms with Gasteiger partial charge in [0, 0.05) is 11.4 Å². The average molecular weight is 348 g/mol. The van der Waals surface area contributed by atoms with Gasteiger partial charge in [-0.15, -0.1) is 0 Å². The molecule has 6 heteroatoms. The molecule has 0 fully saturated rings. The van der Waals surface area contributed by atoms with Gasteiger partial charge in [-0.05, 0) is 17.2 Å². The summed E-state index contributed by atoms with van der Waals surface area (Å²) in [4.78, 5) is 23.9. The third kappa shape index (κ3) is 5.08. The Kier molecular flexibility index (Phi) is 6.78. The van der Waals surface area contributed by atoms with Gasteiger partial charge in [0.25, 0.3) is 0 Å². The zero-order valence-electron chi connectivity index (χ0n) is 12.9. The summed E-state index contributed by atoms with van der Waals surface area (Å²) >= 11 is 6.02. The lowest BCUT2D eigenvalue weighted by Crippen LogP contribution is -2.36. The number of halogens is 1. The molecule has 0 saturated heterocycles. The van der Waals surface area contributed by atoms with Gasteiger partial charge < -0.3 is 9.84 Å². The molecule has 1 atom stereocenters. The number of amides is 2. The number of alkyl carbamates (subject to hydrolysis) is 1. The maximum absolute atomic E-state index is 12.1. The number of benzene rings is 2. The second-order valence-corrected chi connectivity index (χ2v) is 5.52. The number of ether oxygens (including phenoxy) is 1. The lowest BCUT2D eigenvalue weighted by Gasteiger charge is -2.15. The van der Waals surface area contributed by atoms with Gasteiger partial charge in [-0.25, -0.2) is 4.79 Å². The van der Waals surface area contributed by atoms with Crippen LogP contribution in [0.4, 0.5) is 4.79 Å². The number of carbonyl (C=O) groups excluding carboxylic acids is 2. The van der Waals surface area contributed by atoms with Crippen molar-refractivity contribution in [3.63, 3.8) is 0 Å². The predicted octanol–water partition coefficient (Wildman–Crippen LogP) is 2.91. The molecule has 0 saturated carbocycles. The molecule has 0 bridgehead atoms. The van der Waals surface area contributed by atoms with Crippen LogP contribution < -0.4 is 5.32 Å². The van der Waals surface area contributed by atoms with Crippen LogP contribution in [0.3, 0.4) is 0 Å². The molecule has 0 aliphatic carbocycles. The highest BCUT2D eigenvalue weighted by Crippen LogP contribution is 2.24. The molecule has 126 valence electrons. The van der Waals surface area contributed by atoms with E-state index in [1.54, 1.807) is 24.3 Å². The molecule has 0 heterocycles. The molecule has 2 rings (SSSR count). The minimum Gasteiger partial charge on any atom is -0.449 e. The summed E-state index contributed by atoms with van der Waals surface area (Å²) in [5.74, 6) is -1.59. The standard InChI is InChI=1S/C18H18ClNO4/c19-16-9-5-4-8-14(16)15(12-21)17(22)20-18(23)24-11-10-13-6-2-1-3-7-13/h1-9,15,21H,10-12H2,(H,20,22,23)/t15-/m1/s1. The maximum Gasteiger partial charge on any atom is 0.413 e. The Morgan fingerprint density at radius 3 is 2.42 bits per heavy atom. The van der Waals surface area contributed by atoms with Gasteiger partial charge in [-0.2, -0.15) is 0 Å². The van der Waals surface area contributed by atoms with Crippen LogP contribution in [0.25, 0.3) is 0 Å². The maximum atomic E-state index is 12.1. The molecular formula is C18H18ClNO4. The normalized spacial score (nSPS) is 11.6. The number of hydrogen-bond acceptors (Lipinski definition) is 4. The minimum absolute atomic E-state index is 0.152. The first-order valence-corrected chi connectivity index (χ1v) is 7.86. The van der Waals surface area contributed by atoms with Crippen LogP contribution in [-0.4, -0.2) is 30.3 Å². The van der Waals surface area contributed by atoms with Crippen molar-refractivity contribution in [2.24, 2.45) is 0 Å². The van der Waals surface area contributed by atoms with E-state index in [1.165, 1.54) is 0 Å². The lowest BCUT2D eigenvalue weighted by atomic mass is 9.99. The average Bonchev–Trinajstić information content (AvgIpc) is 2.58. The number of nitrogens with one attached hydrogen (secondary N) is 1. The van der Waals surface area contributed by atoms with E-state index in [0.717, 1.165) is 5.56 Å². The third-order valence-corrected chi connectivity index (χ3v) is 3.82. The summed E-state index contributed by atoms with van der Waals surface area (Å²) < 4.78 is 4.99. The second-order valence-electron chi connectivity index (χ2n) is 5.12. The molecule has 0 spiro atoms. The van der Waals surface area contributed by atoms with E-state index in [-0.39, 0.29) is 6.61 Å². The quantitative estimate of drug-likeness (QED) is 0.842. The Morgan fingerprint density at radius 1 is 1.08 bits per heavy atom. The highest BCUT2D eigenvalue weighted by molar-refractivity contribution is 6.31. The van der Waals surface area contributed by atoms with E-state index in [4.69, 9.17) is 16.3 Å². The smallest absolute Gasteiger partial charge is 0.413 e.